The van der Waals surface area contributed by atoms with Crippen molar-refractivity contribution in [2.75, 3.05) is 25.6 Å². The molecule has 0 bridgehead atoms. The summed E-state index contributed by atoms with van der Waals surface area (Å²) in [5.74, 6) is 0.616. The molecule has 0 radical (unpaired) electrons. The number of methoxy groups -OCH3 is 1. The highest BCUT2D eigenvalue weighted by Crippen LogP contribution is 2.30. The van der Waals surface area contributed by atoms with E-state index in [9.17, 15) is 9.59 Å². The third-order valence-corrected chi connectivity index (χ3v) is 5.34. The molecule has 0 aliphatic carbocycles. The van der Waals surface area contributed by atoms with E-state index in [0.29, 0.717) is 22.9 Å². The van der Waals surface area contributed by atoms with Crippen LogP contribution >= 0.6 is 0 Å². The molecule has 1 N–H and O–H groups in total. The molecule has 0 unspecified atom stereocenters. The van der Waals surface area contributed by atoms with Crippen LogP contribution in [0.1, 0.15) is 46.0 Å². The van der Waals surface area contributed by atoms with E-state index in [0.717, 1.165) is 10.9 Å². The Labute approximate surface area is 207 Å². The molecular formula is C25H26N6O5. The van der Waals surface area contributed by atoms with Gasteiger partial charge in [0.15, 0.2) is 11.6 Å². The fraction of sp³-hybridized carbons (Fsp3) is 0.280. The molecule has 1 aromatic carbocycles. The molecule has 3 aromatic heterocycles. The lowest BCUT2D eigenvalue weighted by Gasteiger charge is -2.15. The van der Waals surface area contributed by atoms with E-state index in [4.69, 9.17) is 19.2 Å². The number of hydrogen-bond donors (Lipinski definition) is 1. The highest BCUT2D eigenvalue weighted by molar-refractivity contribution is 5.98. The number of anilines is 2. The maximum absolute atomic E-state index is 12.8. The van der Waals surface area contributed by atoms with E-state index in [1.54, 1.807) is 27.9 Å². The van der Waals surface area contributed by atoms with Crippen LogP contribution < -0.4 is 10.1 Å². The highest BCUT2D eigenvalue weighted by Gasteiger charge is 2.24. The fourth-order valence-corrected chi connectivity index (χ4v) is 3.68. The van der Waals surface area contributed by atoms with Crippen molar-refractivity contribution in [1.29, 1.82) is 0 Å². The summed E-state index contributed by atoms with van der Waals surface area (Å²) in [7, 11) is 1.58. The Bertz CT molecular complexity index is 1450. The van der Waals surface area contributed by atoms with Gasteiger partial charge in [-0.25, -0.2) is 24.5 Å². The highest BCUT2D eigenvalue weighted by atomic mass is 16.5. The molecule has 186 valence electrons. The Kier molecular flexibility index (Phi) is 7.09. The molecule has 0 atom stereocenters. The van der Waals surface area contributed by atoms with Crippen molar-refractivity contribution in [3.8, 4) is 11.6 Å². The van der Waals surface area contributed by atoms with Crippen LogP contribution in [0, 0.1) is 13.8 Å². The number of nitrogens with one attached hydrogen (secondary N) is 1. The zero-order chi connectivity index (χ0) is 25.8. The summed E-state index contributed by atoms with van der Waals surface area (Å²) < 4.78 is 17.3. The average Bonchev–Trinajstić information content (AvgIpc) is 3.27. The van der Waals surface area contributed by atoms with Gasteiger partial charge in [-0.05, 0) is 45.4 Å². The molecule has 4 rings (SSSR count). The van der Waals surface area contributed by atoms with Gasteiger partial charge in [0.1, 0.15) is 34.0 Å². The van der Waals surface area contributed by atoms with Gasteiger partial charge >= 0.3 is 11.9 Å². The van der Waals surface area contributed by atoms with Crippen molar-refractivity contribution >= 4 is 34.5 Å². The first-order valence-electron chi connectivity index (χ1n) is 11.4. The van der Waals surface area contributed by atoms with Crippen LogP contribution in [-0.4, -0.2) is 57.0 Å². The number of rotatable bonds is 8. The summed E-state index contributed by atoms with van der Waals surface area (Å²) in [6, 6.07) is 7.50. The van der Waals surface area contributed by atoms with Crippen molar-refractivity contribution in [3.63, 3.8) is 0 Å². The minimum Gasteiger partial charge on any atom is -0.494 e. The summed E-state index contributed by atoms with van der Waals surface area (Å²) in [5, 5.41) is 8.41. The van der Waals surface area contributed by atoms with Gasteiger partial charge in [0.05, 0.1) is 26.5 Å². The molecule has 0 saturated carbocycles. The Hall–Kier alpha value is -4.54. The molecule has 4 aromatic rings. The summed E-state index contributed by atoms with van der Waals surface area (Å²) >= 11 is 0. The Morgan fingerprint density at radius 3 is 2.42 bits per heavy atom. The number of aromatic nitrogens is 5. The molecule has 3 heterocycles. The first-order valence-corrected chi connectivity index (χ1v) is 11.4. The Balaban J connectivity index is 1.91. The number of nitrogens with zero attached hydrogens (tertiary/aromatic N) is 5. The van der Waals surface area contributed by atoms with E-state index in [1.807, 2.05) is 31.2 Å². The Morgan fingerprint density at radius 1 is 1.00 bits per heavy atom. The summed E-state index contributed by atoms with van der Waals surface area (Å²) in [6.07, 6.45) is 2.75. The molecule has 0 saturated heterocycles. The first-order chi connectivity index (χ1) is 17.4. The van der Waals surface area contributed by atoms with E-state index < -0.39 is 11.9 Å². The van der Waals surface area contributed by atoms with E-state index >= 15 is 0 Å². The normalized spacial score (nSPS) is 10.8. The van der Waals surface area contributed by atoms with Crippen LogP contribution in [0.3, 0.4) is 0 Å². The lowest BCUT2D eigenvalue weighted by molar-refractivity contribution is 0.0518. The zero-order valence-electron chi connectivity index (χ0n) is 20.7. The average molecular weight is 491 g/mol. The van der Waals surface area contributed by atoms with Gasteiger partial charge in [0, 0.05) is 11.6 Å². The van der Waals surface area contributed by atoms with Crippen molar-refractivity contribution in [1.82, 2.24) is 24.7 Å². The predicted molar refractivity (Wildman–Crippen MR) is 132 cm³/mol. The first kappa shape index (κ1) is 24.6. The second-order valence-electron chi connectivity index (χ2n) is 7.72. The zero-order valence-corrected chi connectivity index (χ0v) is 20.7. The van der Waals surface area contributed by atoms with Crippen LogP contribution in [0.25, 0.3) is 16.7 Å². The Morgan fingerprint density at radius 2 is 1.72 bits per heavy atom. The molecule has 36 heavy (non-hydrogen) atoms. The molecule has 11 heteroatoms. The van der Waals surface area contributed by atoms with Gasteiger partial charge in [-0.1, -0.05) is 12.1 Å². The third-order valence-electron chi connectivity index (χ3n) is 5.34. The summed E-state index contributed by atoms with van der Waals surface area (Å²) in [5.41, 5.74) is 1.81. The number of esters is 2. The molecular weight excluding hydrogens is 464 g/mol. The number of hydrogen-bond acceptors (Lipinski definition) is 10. The van der Waals surface area contributed by atoms with Gasteiger partial charge < -0.3 is 19.5 Å². The van der Waals surface area contributed by atoms with Crippen LogP contribution in [-0.2, 0) is 9.47 Å². The minimum atomic E-state index is -0.604. The van der Waals surface area contributed by atoms with Gasteiger partial charge in [-0.15, -0.1) is 0 Å². The summed E-state index contributed by atoms with van der Waals surface area (Å²) in [6.45, 7) is 7.40. The molecule has 11 nitrogen and oxygen atoms in total. The quantitative estimate of drug-likeness (QED) is 0.362. The van der Waals surface area contributed by atoms with Crippen LogP contribution in [0.15, 0.2) is 36.7 Å². The number of pyridine rings is 1. The van der Waals surface area contributed by atoms with E-state index in [1.165, 1.54) is 17.1 Å². The number of carbonyl (C=O) groups excluding carboxylic acids is 2. The monoisotopic (exact) mass is 490 g/mol. The predicted octanol–water partition coefficient (Wildman–Crippen LogP) is 3.93. The van der Waals surface area contributed by atoms with Gasteiger partial charge in [-0.2, -0.15) is 9.78 Å². The third kappa shape index (κ3) is 4.67. The molecule has 0 amide bonds. The number of ether oxygens (including phenoxy) is 3. The number of aryl methyl sites for hydroxylation is 2. The van der Waals surface area contributed by atoms with Crippen LogP contribution in [0.2, 0.25) is 0 Å². The SMILES string of the molecule is CCOC(=O)c1cnc(C)nc1Nc1c(C(=O)OCC)cnn1-c1cc(C)c2cccc(OC)c2n1. The van der Waals surface area contributed by atoms with E-state index in [-0.39, 0.29) is 36.0 Å². The number of para-hydroxylation sites is 1. The van der Waals surface area contributed by atoms with Crippen LogP contribution in [0.5, 0.6) is 5.75 Å². The minimum absolute atomic E-state index is 0.106. The largest absolute Gasteiger partial charge is 0.494 e. The van der Waals surface area contributed by atoms with Crippen molar-refractivity contribution in [2.45, 2.75) is 27.7 Å². The number of fused-ring (bicyclic) bond motifs is 1. The maximum atomic E-state index is 12.8. The molecule has 0 spiro atoms. The summed E-state index contributed by atoms with van der Waals surface area (Å²) in [4.78, 5) is 38.6. The van der Waals surface area contributed by atoms with Crippen molar-refractivity contribution in [2.24, 2.45) is 0 Å². The number of carbonyl (C=O) groups is 2. The van der Waals surface area contributed by atoms with Crippen LogP contribution in [0.4, 0.5) is 11.6 Å². The molecule has 0 fully saturated rings. The standard InChI is InChI=1S/C25H26N6O5/c1-6-35-24(32)17-12-26-15(4)28-22(17)30-23-18(25(33)36-7-2)13-27-31(23)20-11-14(3)16-9-8-10-19(34-5)21(16)29-20/h8-13H,6-7H2,1-5H3,(H,26,28,30). The second-order valence-corrected chi connectivity index (χ2v) is 7.72. The van der Waals surface area contributed by atoms with Crippen molar-refractivity contribution < 1.29 is 23.8 Å². The molecule has 0 aliphatic heterocycles. The van der Waals surface area contributed by atoms with Gasteiger partial charge in [0.25, 0.3) is 0 Å². The topological polar surface area (TPSA) is 130 Å². The lowest BCUT2D eigenvalue weighted by Crippen LogP contribution is -2.15. The van der Waals surface area contributed by atoms with Gasteiger partial charge in [0.2, 0.25) is 0 Å². The fourth-order valence-electron chi connectivity index (χ4n) is 3.68. The molecule has 0 aliphatic rings. The number of benzene rings is 1. The van der Waals surface area contributed by atoms with Crippen molar-refractivity contribution in [3.05, 3.63) is 59.2 Å². The lowest BCUT2D eigenvalue weighted by atomic mass is 10.1. The second kappa shape index (κ2) is 10.4. The maximum Gasteiger partial charge on any atom is 0.343 e. The smallest absolute Gasteiger partial charge is 0.343 e. The van der Waals surface area contributed by atoms with Gasteiger partial charge in [-0.3, -0.25) is 0 Å². The van der Waals surface area contributed by atoms with E-state index in [2.05, 4.69) is 20.4 Å².